The smallest absolute Gasteiger partial charge is 0.250 e. The van der Waals surface area contributed by atoms with E-state index < -0.39 is 6.04 Å². The third-order valence-corrected chi connectivity index (χ3v) is 2.19. The van der Waals surface area contributed by atoms with E-state index in [1.54, 1.807) is 12.3 Å². The summed E-state index contributed by atoms with van der Waals surface area (Å²) in [7, 11) is 0. The second-order valence-corrected chi connectivity index (χ2v) is 3.53. The zero-order valence-corrected chi connectivity index (χ0v) is 8.44. The van der Waals surface area contributed by atoms with Crippen LogP contribution in [0.4, 0.5) is 0 Å². The van der Waals surface area contributed by atoms with E-state index in [0.717, 1.165) is 4.47 Å². The number of nitrogens with zero attached hydrogens (tertiary/aromatic N) is 1. The predicted molar refractivity (Wildman–Crippen MR) is 51.6 cm³/mol. The summed E-state index contributed by atoms with van der Waals surface area (Å²) >= 11 is 3.20. The quantitative estimate of drug-likeness (QED) is 0.799. The number of rotatable bonds is 3. The molecule has 0 unspecified atom stereocenters. The van der Waals surface area contributed by atoms with E-state index in [1.807, 2.05) is 0 Å². The summed E-state index contributed by atoms with van der Waals surface area (Å²) in [6.07, 6.45) is 1.54. The second-order valence-electron chi connectivity index (χ2n) is 2.61. The maximum atomic E-state index is 11.3. The molecule has 0 fully saturated rings. The lowest BCUT2D eigenvalue weighted by molar-refractivity contribution is 0.152. The van der Waals surface area contributed by atoms with Crippen LogP contribution in [0.5, 0.6) is 0 Å². The Morgan fingerprint density at radius 3 is 2.54 bits per heavy atom. The maximum absolute atomic E-state index is 11.3. The van der Waals surface area contributed by atoms with E-state index in [0.29, 0.717) is 0 Å². The van der Waals surface area contributed by atoms with Gasteiger partial charge in [-0.2, -0.15) is 0 Å². The lowest BCUT2D eigenvalue weighted by Crippen LogP contribution is -2.28. The first-order chi connectivity index (χ1) is 6.19. The summed E-state index contributed by atoms with van der Waals surface area (Å²) in [4.78, 5) is 11.3. The van der Waals surface area contributed by atoms with Crippen LogP contribution >= 0.6 is 15.9 Å². The predicted octanol–water partition coefficient (Wildman–Crippen LogP) is 0.136. The molecule has 0 saturated carbocycles. The first kappa shape index (κ1) is 10.4. The van der Waals surface area contributed by atoms with Gasteiger partial charge in [-0.25, -0.2) is 0 Å². The van der Waals surface area contributed by atoms with Crippen molar-refractivity contribution in [1.29, 1.82) is 0 Å². The van der Waals surface area contributed by atoms with Gasteiger partial charge in [-0.05, 0) is 22.0 Å². The second kappa shape index (κ2) is 4.55. The Balaban J connectivity index is 3.11. The fourth-order valence-corrected chi connectivity index (χ4v) is 1.35. The lowest BCUT2D eigenvalue weighted by Gasteiger charge is -2.14. The summed E-state index contributed by atoms with van der Waals surface area (Å²) in [6, 6.07) is 2.43. The molecule has 0 aliphatic rings. The van der Waals surface area contributed by atoms with E-state index in [2.05, 4.69) is 15.9 Å². The Hall–Kier alpha value is -0.650. The van der Waals surface area contributed by atoms with Crippen LogP contribution in [0.3, 0.4) is 0 Å². The van der Waals surface area contributed by atoms with Crippen molar-refractivity contribution in [2.24, 2.45) is 0 Å². The molecule has 0 aromatic carbocycles. The maximum Gasteiger partial charge on any atom is 0.250 e. The van der Waals surface area contributed by atoms with Crippen molar-refractivity contribution >= 4 is 15.9 Å². The summed E-state index contributed by atoms with van der Waals surface area (Å²) in [6.45, 7) is -0.514. The molecule has 0 amide bonds. The molecule has 1 heterocycles. The summed E-state index contributed by atoms with van der Waals surface area (Å²) in [5.41, 5.74) is -0.240. The molecule has 0 atom stereocenters. The number of aliphatic hydroxyl groups is 2. The van der Waals surface area contributed by atoms with Crippen LogP contribution in [0.1, 0.15) is 6.04 Å². The van der Waals surface area contributed by atoms with Gasteiger partial charge >= 0.3 is 0 Å². The van der Waals surface area contributed by atoms with Crippen LogP contribution in [0.2, 0.25) is 0 Å². The highest BCUT2D eigenvalue weighted by Crippen LogP contribution is 2.08. The van der Waals surface area contributed by atoms with Gasteiger partial charge in [0, 0.05) is 16.7 Å². The fraction of sp³-hybridized carbons (Fsp3) is 0.375. The zero-order valence-electron chi connectivity index (χ0n) is 6.85. The highest BCUT2D eigenvalue weighted by molar-refractivity contribution is 9.10. The first-order valence-corrected chi connectivity index (χ1v) is 4.57. The minimum Gasteiger partial charge on any atom is -0.394 e. The van der Waals surface area contributed by atoms with E-state index in [1.165, 1.54) is 10.6 Å². The van der Waals surface area contributed by atoms with Crippen molar-refractivity contribution in [2.45, 2.75) is 6.04 Å². The number of aromatic nitrogens is 1. The van der Waals surface area contributed by atoms with Crippen LogP contribution < -0.4 is 5.56 Å². The van der Waals surface area contributed by atoms with Gasteiger partial charge in [0.25, 0.3) is 5.56 Å². The van der Waals surface area contributed by atoms with Crippen molar-refractivity contribution < 1.29 is 10.2 Å². The van der Waals surface area contributed by atoms with Gasteiger partial charge in [-0.3, -0.25) is 4.79 Å². The van der Waals surface area contributed by atoms with Crippen molar-refractivity contribution in [3.8, 4) is 0 Å². The molecular formula is C8H10BrNO3. The topological polar surface area (TPSA) is 62.5 Å². The molecule has 5 heteroatoms. The molecule has 4 nitrogen and oxygen atoms in total. The summed E-state index contributed by atoms with van der Waals surface area (Å²) in [5, 5.41) is 17.7. The molecule has 0 spiro atoms. The van der Waals surface area contributed by atoms with Crippen LogP contribution in [-0.4, -0.2) is 28.0 Å². The van der Waals surface area contributed by atoms with Crippen LogP contribution in [0.15, 0.2) is 27.6 Å². The molecule has 0 saturated heterocycles. The van der Waals surface area contributed by atoms with E-state index >= 15 is 0 Å². The normalized spacial score (nSPS) is 10.8. The molecule has 0 aliphatic carbocycles. The molecule has 13 heavy (non-hydrogen) atoms. The minimum atomic E-state index is -0.565. The van der Waals surface area contributed by atoms with Crippen molar-refractivity contribution in [1.82, 2.24) is 4.57 Å². The number of pyridine rings is 1. The Labute approximate surface area is 83.6 Å². The number of hydrogen-bond acceptors (Lipinski definition) is 3. The van der Waals surface area contributed by atoms with Gasteiger partial charge < -0.3 is 14.8 Å². The van der Waals surface area contributed by atoms with Gasteiger partial charge in [0.05, 0.1) is 19.3 Å². The molecule has 72 valence electrons. The monoisotopic (exact) mass is 247 g/mol. The van der Waals surface area contributed by atoms with Crippen LogP contribution in [0.25, 0.3) is 0 Å². The van der Waals surface area contributed by atoms with E-state index in [9.17, 15) is 4.79 Å². The van der Waals surface area contributed by atoms with Crippen molar-refractivity contribution in [2.75, 3.05) is 13.2 Å². The Bertz CT molecular complexity index is 332. The highest BCUT2D eigenvalue weighted by Gasteiger charge is 2.09. The molecule has 1 rings (SSSR count). The standard InChI is InChI=1S/C8H10BrNO3/c9-6-1-2-8(13)10(3-6)7(4-11)5-12/h1-3,7,11-12H,4-5H2. The third-order valence-electron chi connectivity index (χ3n) is 1.72. The minimum absolute atomic E-state index is 0.240. The number of halogens is 1. The van der Waals surface area contributed by atoms with E-state index in [-0.39, 0.29) is 18.8 Å². The highest BCUT2D eigenvalue weighted by atomic mass is 79.9. The van der Waals surface area contributed by atoms with E-state index in [4.69, 9.17) is 10.2 Å². The average Bonchev–Trinajstić information content (AvgIpc) is 2.13. The third kappa shape index (κ3) is 2.40. The van der Waals surface area contributed by atoms with Gasteiger partial charge in [-0.1, -0.05) is 0 Å². The van der Waals surface area contributed by atoms with Gasteiger partial charge in [-0.15, -0.1) is 0 Å². The average molecular weight is 248 g/mol. The molecule has 1 aromatic heterocycles. The fourth-order valence-electron chi connectivity index (χ4n) is 0.996. The Morgan fingerprint density at radius 2 is 2.00 bits per heavy atom. The lowest BCUT2D eigenvalue weighted by atomic mass is 10.3. The van der Waals surface area contributed by atoms with Gasteiger partial charge in [0.15, 0.2) is 0 Å². The first-order valence-electron chi connectivity index (χ1n) is 3.78. The Kier molecular flexibility index (Phi) is 3.65. The molecule has 2 N–H and O–H groups in total. The van der Waals surface area contributed by atoms with Gasteiger partial charge in [0.1, 0.15) is 0 Å². The summed E-state index contributed by atoms with van der Waals surface area (Å²) < 4.78 is 2.03. The zero-order chi connectivity index (χ0) is 9.84. The largest absolute Gasteiger partial charge is 0.394 e. The van der Waals surface area contributed by atoms with Gasteiger partial charge in [0.2, 0.25) is 0 Å². The van der Waals surface area contributed by atoms with Crippen LogP contribution in [0, 0.1) is 0 Å². The molecule has 0 radical (unpaired) electrons. The molecule has 0 bridgehead atoms. The molecule has 1 aromatic rings. The SMILES string of the molecule is O=c1ccc(Br)cn1C(CO)CO. The van der Waals surface area contributed by atoms with Crippen LogP contribution in [-0.2, 0) is 0 Å². The Morgan fingerprint density at radius 1 is 1.38 bits per heavy atom. The van der Waals surface area contributed by atoms with Crippen molar-refractivity contribution in [3.63, 3.8) is 0 Å². The number of hydrogen-bond donors (Lipinski definition) is 2. The summed E-state index contributed by atoms with van der Waals surface area (Å²) in [5.74, 6) is 0. The molecule has 0 aliphatic heterocycles. The molecular weight excluding hydrogens is 238 g/mol. The number of aliphatic hydroxyl groups excluding tert-OH is 2. The van der Waals surface area contributed by atoms with Crippen molar-refractivity contribution in [3.05, 3.63) is 33.2 Å².